The highest BCUT2D eigenvalue weighted by molar-refractivity contribution is 5.33. The zero-order valence-corrected chi connectivity index (χ0v) is 11.5. The molecular formula is C15H25NO. The van der Waals surface area contributed by atoms with E-state index in [1.54, 1.807) is 0 Å². The number of ether oxygens (including phenoxy) is 1. The standard InChI is InChI=1S/C15H25NO/c1-5-9-16-15(11-17-6-2)14-10-12(3)7-8-13(14)4/h7-8,10,15-16H,5-6,9,11H2,1-4H3. The van der Waals surface area contributed by atoms with E-state index < -0.39 is 0 Å². The van der Waals surface area contributed by atoms with Crippen molar-refractivity contribution < 1.29 is 4.74 Å². The molecule has 0 radical (unpaired) electrons. The highest BCUT2D eigenvalue weighted by Crippen LogP contribution is 2.19. The van der Waals surface area contributed by atoms with Crippen LogP contribution in [0.15, 0.2) is 18.2 Å². The maximum atomic E-state index is 5.58. The summed E-state index contributed by atoms with van der Waals surface area (Å²) in [5, 5.41) is 3.56. The van der Waals surface area contributed by atoms with Gasteiger partial charge in [0.25, 0.3) is 0 Å². The van der Waals surface area contributed by atoms with E-state index in [0.29, 0.717) is 6.04 Å². The fraction of sp³-hybridized carbons (Fsp3) is 0.600. The molecule has 0 amide bonds. The second kappa shape index (κ2) is 7.46. The van der Waals surface area contributed by atoms with Gasteiger partial charge in [-0.15, -0.1) is 0 Å². The van der Waals surface area contributed by atoms with Gasteiger partial charge in [0.15, 0.2) is 0 Å². The van der Waals surface area contributed by atoms with Crippen LogP contribution >= 0.6 is 0 Å². The molecule has 17 heavy (non-hydrogen) atoms. The lowest BCUT2D eigenvalue weighted by Crippen LogP contribution is -2.27. The Hall–Kier alpha value is -0.860. The molecule has 0 aliphatic heterocycles. The average molecular weight is 235 g/mol. The van der Waals surface area contributed by atoms with Crippen molar-refractivity contribution in [1.29, 1.82) is 0 Å². The number of hydrogen-bond acceptors (Lipinski definition) is 2. The molecule has 1 aromatic carbocycles. The molecule has 0 spiro atoms. The van der Waals surface area contributed by atoms with Crippen LogP contribution in [0.5, 0.6) is 0 Å². The minimum absolute atomic E-state index is 0.315. The number of benzene rings is 1. The number of nitrogens with one attached hydrogen (secondary N) is 1. The van der Waals surface area contributed by atoms with Crippen LogP contribution in [0.2, 0.25) is 0 Å². The second-order valence-corrected chi connectivity index (χ2v) is 4.53. The fourth-order valence-corrected chi connectivity index (χ4v) is 1.95. The van der Waals surface area contributed by atoms with E-state index in [-0.39, 0.29) is 0 Å². The van der Waals surface area contributed by atoms with E-state index in [1.165, 1.54) is 16.7 Å². The minimum Gasteiger partial charge on any atom is -0.380 e. The number of aryl methyl sites for hydroxylation is 2. The normalized spacial score (nSPS) is 12.7. The Morgan fingerprint density at radius 2 is 2.00 bits per heavy atom. The van der Waals surface area contributed by atoms with Crippen LogP contribution in [0.25, 0.3) is 0 Å². The average Bonchev–Trinajstić information content (AvgIpc) is 2.33. The van der Waals surface area contributed by atoms with Crippen LogP contribution in [0.4, 0.5) is 0 Å². The summed E-state index contributed by atoms with van der Waals surface area (Å²) in [7, 11) is 0. The molecular weight excluding hydrogens is 210 g/mol. The molecule has 0 aliphatic carbocycles. The Morgan fingerprint density at radius 1 is 1.24 bits per heavy atom. The summed E-state index contributed by atoms with van der Waals surface area (Å²) >= 11 is 0. The summed E-state index contributed by atoms with van der Waals surface area (Å²) in [5.74, 6) is 0. The summed E-state index contributed by atoms with van der Waals surface area (Å²) in [6.45, 7) is 11.1. The van der Waals surface area contributed by atoms with Gasteiger partial charge in [-0.3, -0.25) is 0 Å². The van der Waals surface area contributed by atoms with Crippen molar-refractivity contribution >= 4 is 0 Å². The molecule has 0 saturated heterocycles. The molecule has 1 aromatic rings. The van der Waals surface area contributed by atoms with Gasteiger partial charge in [-0.2, -0.15) is 0 Å². The zero-order valence-electron chi connectivity index (χ0n) is 11.5. The van der Waals surface area contributed by atoms with E-state index in [2.05, 4.69) is 44.3 Å². The van der Waals surface area contributed by atoms with Crippen molar-refractivity contribution in [2.75, 3.05) is 19.8 Å². The maximum Gasteiger partial charge on any atom is 0.0661 e. The SMILES string of the molecule is CCCNC(COCC)c1cc(C)ccc1C. The van der Waals surface area contributed by atoms with Crippen molar-refractivity contribution in [2.45, 2.75) is 40.2 Å². The van der Waals surface area contributed by atoms with E-state index in [0.717, 1.165) is 26.2 Å². The van der Waals surface area contributed by atoms with Crippen LogP contribution in [0, 0.1) is 13.8 Å². The smallest absolute Gasteiger partial charge is 0.0661 e. The Kier molecular flexibility index (Phi) is 6.23. The van der Waals surface area contributed by atoms with E-state index in [9.17, 15) is 0 Å². The lowest BCUT2D eigenvalue weighted by atomic mass is 9.99. The van der Waals surface area contributed by atoms with Gasteiger partial charge in [-0.1, -0.05) is 30.7 Å². The van der Waals surface area contributed by atoms with E-state index >= 15 is 0 Å². The summed E-state index contributed by atoms with van der Waals surface area (Å²) < 4.78 is 5.58. The summed E-state index contributed by atoms with van der Waals surface area (Å²) in [5.41, 5.74) is 4.02. The molecule has 96 valence electrons. The van der Waals surface area contributed by atoms with Crippen LogP contribution in [-0.2, 0) is 4.74 Å². The van der Waals surface area contributed by atoms with Crippen LogP contribution in [0.3, 0.4) is 0 Å². The number of rotatable bonds is 7. The molecule has 1 N–H and O–H groups in total. The molecule has 1 unspecified atom stereocenters. The van der Waals surface area contributed by atoms with Gasteiger partial charge in [0, 0.05) is 6.61 Å². The first kappa shape index (κ1) is 14.2. The summed E-state index contributed by atoms with van der Waals surface area (Å²) in [6, 6.07) is 6.93. The summed E-state index contributed by atoms with van der Waals surface area (Å²) in [6.07, 6.45) is 1.15. The van der Waals surface area contributed by atoms with Gasteiger partial charge >= 0.3 is 0 Å². The molecule has 0 fully saturated rings. The van der Waals surface area contributed by atoms with Crippen molar-refractivity contribution in [1.82, 2.24) is 5.32 Å². The van der Waals surface area contributed by atoms with Gasteiger partial charge in [0.1, 0.15) is 0 Å². The fourth-order valence-electron chi connectivity index (χ4n) is 1.95. The third kappa shape index (κ3) is 4.49. The van der Waals surface area contributed by atoms with Gasteiger partial charge in [-0.05, 0) is 44.9 Å². The lowest BCUT2D eigenvalue weighted by molar-refractivity contribution is 0.123. The number of hydrogen-bond donors (Lipinski definition) is 1. The first-order chi connectivity index (χ1) is 8.19. The lowest BCUT2D eigenvalue weighted by Gasteiger charge is -2.21. The predicted octanol–water partition coefficient (Wildman–Crippen LogP) is 3.38. The van der Waals surface area contributed by atoms with Gasteiger partial charge in [-0.25, -0.2) is 0 Å². The Balaban J connectivity index is 2.82. The molecule has 0 aliphatic rings. The topological polar surface area (TPSA) is 21.3 Å². The van der Waals surface area contributed by atoms with Crippen molar-refractivity contribution in [2.24, 2.45) is 0 Å². The quantitative estimate of drug-likeness (QED) is 0.782. The summed E-state index contributed by atoms with van der Waals surface area (Å²) in [4.78, 5) is 0. The molecule has 0 heterocycles. The van der Waals surface area contributed by atoms with Crippen molar-refractivity contribution in [3.63, 3.8) is 0 Å². The van der Waals surface area contributed by atoms with E-state index in [4.69, 9.17) is 4.74 Å². The van der Waals surface area contributed by atoms with Crippen molar-refractivity contribution in [3.8, 4) is 0 Å². The minimum atomic E-state index is 0.315. The second-order valence-electron chi connectivity index (χ2n) is 4.53. The zero-order chi connectivity index (χ0) is 12.7. The van der Waals surface area contributed by atoms with Crippen molar-refractivity contribution in [3.05, 3.63) is 34.9 Å². The van der Waals surface area contributed by atoms with Gasteiger partial charge in [0.05, 0.1) is 12.6 Å². The van der Waals surface area contributed by atoms with Gasteiger partial charge < -0.3 is 10.1 Å². The molecule has 1 rings (SSSR count). The molecule has 0 saturated carbocycles. The highest BCUT2D eigenvalue weighted by Gasteiger charge is 2.13. The Bertz CT molecular complexity index is 328. The monoisotopic (exact) mass is 235 g/mol. The molecule has 2 heteroatoms. The van der Waals surface area contributed by atoms with Crippen LogP contribution in [-0.4, -0.2) is 19.8 Å². The molecule has 2 nitrogen and oxygen atoms in total. The van der Waals surface area contributed by atoms with Crippen LogP contribution in [0.1, 0.15) is 43.0 Å². The van der Waals surface area contributed by atoms with E-state index in [1.807, 2.05) is 6.92 Å². The first-order valence-electron chi connectivity index (χ1n) is 6.57. The Morgan fingerprint density at radius 3 is 2.65 bits per heavy atom. The molecule has 1 atom stereocenters. The third-order valence-corrected chi connectivity index (χ3v) is 2.94. The largest absolute Gasteiger partial charge is 0.380 e. The van der Waals surface area contributed by atoms with Crippen LogP contribution < -0.4 is 5.32 Å². The Labute approximate surface area is 105 Å². The first-order valence-corrected chi connectivity index (χ1v) is 6.57. The predicted molar refractivity (Wildman–Crippen MR) is 73.4 cm³/mol. The third-order valence-electron chi connectivity index (χ3n) is 2.94. The molecule has 0 bridgehead atoms. The maximum absolute atomic E-state index is 5.58. The highest BCUT2D eigenvalue weighted by atomic mass is 16.5. The van der Waals surface area contributed by atoms with Gasteiger partial charge in [0.2, 0.25) is 0 Å². The molecule has 0 aromatic heterocycles.